The molecule has 4 nitrogen and oxygen atoms in total. The Labute approximate surface area is 110 Å². The van der Waals surface area contributed by atoms with Crippen LogP contribution in [-0.4, -0.2) is 28.8 Å². The summed E-state index contributed by atoms with van der Waals surface area (Å²) in [6.07, 6.45) is 7.72. The molecule has 1 N–H and O–H groups in total. The van der Waals surface area contributed by atoms with Gasteiger partial charge in [-0.15, -0.1) is 0 Å². The molecule has 1 saturated carbocycles. The van der Waals surface area contributed by atoms with Gasteiger partial charge in [0.05, 0.1) is 18.4 Å². The average Bonchev–Trinajstić information content (AvgIpc) is 2.93. The maximum absolute atomic E-state index is 5.54. The lowest BCUT2D eigenvalue weighted by Gasteiger charge is -2.16. The Morgan fingerprint density at radius 2 is 2.17 bits per heavy atom. The second kappa shape index (κ2) is 6.23. The maximum Gasteiger partial charge on any atom is 0.203 e. The normalized spacial score (nSPS) is 16.7. The Bertz CT molecular complexity index is 367. The highest BCUT2D eigenvalue weighted by Crippen LogP contribution is 2.31. The third-order valence-corrected chi connectivity index (χ3v) is 3.41. The van der Waals surface area contributed by atoms with Crippen LogP contribution in [0, 0.1) is 6.92 Å². The number of aryl methyl sites for hydroxylation is 1. The highest BCUT2D eigenvalue weighted by Gasteiger charge is 2.19. The van der Waals surface area contributed by atoms with Crippen LogP contribution in [-0.2, 0) is 4.74 Å². The molecule has 1 aromatic heterocycles. The summed E-state index contributed by atoms with van der Waals surface area (Å²) in [5.74, 6) is 1.01. The summed E-state index contributed by atoms with van der Waals surface area (Å²) in [5, 5.41) is 3.39. The van der Waals surface area contributed by atoms with E-state index in [1.807, 2.05) is 0 Å². The van der Waals surface area contributed by atoms with Gasteiger partial charge in [0, 0.05) is 18.8 Å². The molecule has 4 heteroatoms. The van der Waals surface area contributed by atoms with Gasteiger partial charge in [0.2, 0.25) is 5.95 Å². The van der Waals surface area contributed by atoms with Crippen LogP contribution < -0.4 is 5.32 Å². The van der Waals surface area contributed by atoms with E-state index in [9.17, 15) is 0 Å². The van der Waals surface area contributed by atoms with E-state index < -0.39 is 0 Å². The standard InChI is InChI=1S/C14H25N3O/c1-11(2)18-9-8-15-14-16-12(3)10-17(14)13-6-4-5-7-13/h10-11,13H,4-9H2,1-3H3,(H,15,16). The molecule has 0 radical (unpaired) electrons. The van der Waals surface area contributed by atoms with Crippen molar-refractivity contribution in [3.05, 3.63) is 11.9 Å². The van der Waals surface area contributed by atoms with Gasteiger partial charge in [-0.3, -0.25) is 0 Å². The molecule has 0 unspecified atom stereocenters. The molecule has 18 heavy (non-hydrogen) atoms. The monoisotopic (exact) mass is 251 g/mol. The van der Waals surface area contributed by atoms with E-state index in [0.717, 1.165) is 24.8 Å². The number of nitrogens with one attached hydrogen (secondary N) is 1. The zero-order valence-electron chi connectivity index (χ0n) is 11.8. The summed E-state index contributed by atoms with van der Waals surface area (Å²) in [6, 6.07) is 0.639. The maximum atomic E-state index is 5.54. The summed E-state index contributed by atoms with van der Waals surface area (Å²) >= 11 is 0. The van der Waals surface area contributed by atoms with Gasteiger partial charge < -0.3 is 14.6 Å². The summed E-state index contributed by atoms with van der Waals surface area (Å²) in [7, 11) is 0. The van der Waals surface area contributed by atoms with Crippen LogP contribution in [0.1, 0.15) is 51.3 Å². The average molecular weight is 251 g/mol. The van der Waals surface area contributed by atoms with Crippen LogP contribution in [0.25, 0.3) is 0 Å². The molecular weight excluding hydrogens is 226 g/mol. The highest BCUT2D eigenvalue weighted by molar-refractivity contribution is 5.29. The Kier molecular flexibility index (Phi) is 4.64. The molecule has 0 saturated heterocycles. The highest BCUT2D eigenvalue weighted by atomic mass is 16.5. The molecule has 1 heterocycles. The third kappa shape index (κ3) is 3.48. The van der Waals surface area contributed by atoms with Crippen molar-refractivity contribution in [3.8, 4) is 0 Å². The van der Waals surface area contributed by atoms with Crippen molar-refractivity contribution in [2.45, 2.75) is 58.6 Å². The van der Waals surface area contributed by atoms with E-state index in [4.69, 9.17) is 4.74 Å². The van der Waals surface area contributed by atoms with Gasteiger partial charge in [0.25, 0.3) is 0 Å². The second-order valence-electron chi connectivity index (χ2n) is 5.40. The molecule has 0 atom stereocenters. The van der Waals surface area contributed by atoms with Gasteiger partial charge in [-0.1, -0.05) is 12.8 Å². The van der Waals surface area contributed by atoms with Crippen molar-refractivity contribution in [2.75, 3.05) is 18.5 Å². The summed E-state index contributed by atoms with van der Waals surface area (Å²) in [4.78, 5) is 4.57. The van der Waals surface area contributed by atoms with Crippen LogP contribution in [0.5, 0.6) is 0 Å². The number of hydrogen-bond acceptors (Lipinski definition) is 3. The van der Waals surface area contributed by atoms with E-state index in [2.05, 4.69) is 41.8 Å². The number of anilines is 1. The fraction of sp³-hybridized carbons (Fsp3) is 0.786. The van der Waals surface area contributed by atoms with Crippen LogP contribution in [0.4, 0.5) is 5.95 Å². The molecule has 1 aliphatic rings. The predicted molar refractivity (Wildman–Crippen MR) is 74.0 cm³/mol. The van der Waals surface area contributed by atoms with Crippen molar-refractivity contribution < 1.29 is 4.74 Å². The van der Waals surface area contributed by atoms with E-state index >= 15 is 0 Å². The smallest absolute Gasteiger partial charge is 0.203 e. The molecular formula is C14H25N3O. The Morgan fingerprint density at radius 1 is 1.44 bits per heavy atom. The van der Waals surface area contributed by atoms with E-state index in [1.165, 1.54) is 25.7 Å². The van der Waals surface area contributed by atoms with Gasteiger partial charge in [0.1, 0.15) is 0 Å². The summed E-state index contributed by atoms with van der Waals surface area (Å²) in [5.41, 5.74) is 1.09. The minimum absolute atomic E-state index is 0.295. The number of imidazole rings is 1. The lowest BCUT2D eigenvalue weighted by Crippen LogP contribution is -2.16. The van der Waals surface area contributed by atoms with Crippen LogP contribution in [0.3, 0.4) is 0 Å². The van der Waals surface area contributed by atoms with Crippen molar-refractivity contribution >= 4 is 5.95 Å². The molecule has 1 aliphatic carbocycles. The van der Waals surface area contributed by atoms with Crippen LogP contribution >= 0.6 is 0 Å². The fourth-order valence-electron chi connectivity index (χ4n) is 2.57. The van der Waals surface area contributed by atoms with Crippen LogP contribution in [0.15, 0.2) is 6.20 Å². The number of rotatable bonds is 6. The first kappa shape index (κ1) is 13.4. The first-order valence-electron chi connectivity index (χ1n) is 7.08. The summed E-state index contributed by atoms with van der Waals surface area (Å²) in [6.45, 7) is 7.73. The van der Waals surface area contributed by atoms with Gasteiger partial charge in [0.15, 0.2) is 0 Å². The first-order chi connectivity index (χ1) is 8.66. The Balaban J connectivity index is 1.90. The van der Waals surface area contributed by atoms with E-state index in [-0.39, 0.29) is 0 Å². The molecule has 1 fully saturated rings. The molecule has 0 amide bonds. The second-order valence-corrected chi connectivity index (χ2v) is 5.40. The minimum atomic E-state index is 0.295. The number of aromatic nitrogens is 2. The molecule has 102 valence electrons. The molecule has 0 bridgehead atoms. The number of nitrogens with zero attached hydrogens (tertiary/aromatic N) is 2. The molecule has 0 spiro atoms. The Hall–Kier alpha value is -1.03. The first-order valence-corrected chi connectivity index (χ1v) is 7.08. The third-order valence-electron chi connectivity index (χ3n) is 3.41. The van der Waals surface area contributed by atoms with Gasteiger partial charge in [-0.05, 0) is 33.6 Å². The van der Waals surface area contributed by atoms with E-state index in [0.29, 0.717) is 12.1 Å². The number of ether oxygens (including phenoxy) is 1. The zero-order valence-corrected chi connectivity index (χ0v) is 11.8. The number of hydrogen-bond donors (Lipinski definition) is 1. The minimum Gasteiger partial charge on any atom is -0.377 e. The fourth-order valence-corrected chi connectivity index (χ4v) is 2.57. The molecule has 2 rings (SSSR count). The van der Waals surface area contributed by atoms with Crippen LogP contribution in [0.2, 0.25) is 0 Å². The largest absolute Gasteiger partial charge is 0.377 e. The zero-order chi connectivity index (χ0) is 13.0. The quantitative estimate of drug-likeness (QED) is 0.789. The Morgan fingerprint density at radius 3 is 2.83 bits per heavy atom. The lowest BCUT2D eigenvalue weighted by atomic mass is 10.2. The van der Waals surface area contributed by atoms with Gasteiger partial charge in [-0.25, -0.2) is 4.98 Å². The molecule has 0 aliphatic heterocycles. The summed E-state index contributed by atoms with van der Waals surface area (Å²) < 4.78 is 7.85. The lowest BCUT2D eigenvalue weighted by molar-refractivity contribution is 0.0869. The molecule has 1 aromatic rings. The van der Waals surface area contributed by atoms with E-state index in [1.54, 1.807) is 0 Å². The topological polar surface area (TPSA) is 39.1 Å². The van der Waals surface area contributed by atoms with Crippen molar-refractivity contribution in [1.29, 1.82) is 0 Å². The van der Waals surface area contributed by atoms with Crippen molar-refractivity contribution in [2.24, 2.45) is 0 Å². The molecule has 0 aromatic carbocycles. The van der Waals surface area contributed by atoms with Crippen molar-refractivity contribution in [1.82, 2.24) is 9.55 Å². The van der Waals surface area contributed by atoms with Crippen molar-refractivity contribution in [3.63, 3.8) is 0 Å². The SMILES string of the molecule is Cc1cn(C2CCCC2)c(NCCOC(C)C)n1. The van der Waals surface area contributed by atoms with Gasteiger partial charge >= 0.3 is 0 Å². The van der Waals surface area contributed by atoms with Gasteiger partial charge in [-0.2, -0.15) is 0 Å². The predicted octanol–water partition coefficient (Wildman–Crippen LogP) is 3.14.